The fraction of sp³-hybridized carbons (Fsp3) is 0.533. The van der Waals surface area contributed by atoms with Gasteiger partial charge in [0.1, 0.15) is 12.0 Å². The highest BCUT2D eigenvalue weighted by Crippen LogP contribution is 2.23. The van der Waals surface area contributed by atoms with Crippen molar-refractivity contribution in [2.45, 2.75) is 19.0 Å². The molecule has 0 spiro atoms. The van der Waals surface area contributed by atoms with Crippen LogP contribution in [0.2, 0.25) is 0 Å². The first-order valence-electron chi connectivity index (χ1n) is 8.25. The summed E-state index contributed by atoms with van der Waals surface area (Å²) in [6.07, 6.45) is 2.35. The van der Waals surface area contributed by atoms with Crippen molar-refractivity contribution in [3.8, 4) is 0 Å². The summed E-state index contributed by atoms with van der Waals surface area (Å²) in [4.78, 5) is 18.3. The van der Waals surface area contributed by atoms with Crippen LogP contribution in [0.15, 0.2) is 33.6 Å². The molecule has 0 aromatic rings. The SMILES string of the molecule is N/N=C1\N=CNN2C(CN3CCN(C(=O)C(F)(F)F)CC3)=CCCC=C12. The number of hydrazone groups is 1. The summed E-state index contributed by atoms with van der Waals surface area (Å²) in [6.45, 7) is 1.39. The average Bonchev–Trinajstić information content (AvgIpc) is 2.83. The molecule has 0 unspecified atom stereocenters. The number of carbonyl (C=O) groups is 1. The van der Waals surface area contributed by atoms with Gasteiger partial charge in [0.05, 0.1) is 5.70 Å². The van der Waals surface area contributed by atoms with Gasteiger partial charge in [0.25, 0.3) is 0 Å². The molecule has 1 amide bonds. The van der Waals surface area contributed by atoms with Crippen molar-refractivity contribution in [2.75, 3.05) is 32.7 Å². The number of nitrogens with one attached hydrogen (secondary N) is 1. The van der Waals surface area contributed by atoms with E-state index >= 15 is 0 Å². The van der Waals surface area contributed by atoms with E-state index in [0.29, 0.717) is 25.5 Å². The van der Waals surface area contributed by atoms with Crippen LogP contribution in [0.4, 0.5) is 13.2 Å². The molecule has 11 heteroatoms. The Hall–Kier alpha value is -2.56. The third-order valence-corrected chi connectivity index (χ3v) is 4.43. The number of rotatable bonds is 2. The number of piperazine rings is 1. The molecule has 3 aliphatic heterocycles. The van der Waals surface area contributed by atoms with Gasteiger partial charge in [-0.3, -0.25) is 20.1 Å². The molecular formula is C15H20F3N7O. The number of alkyl halides is 3. The molecule has 3 rings (SSSR count). The lowest BCUT2D eigenvalue weighted by Gasteiger charge is -2.37. The maximum Gasteiger partial charge on any atom is 0.471 e. The molecule has 8 nitrogen and oxygen atoms in total. The van der Waals surface area contributed by atoms with Gasteiger partial charge in [-0.15, -0.1) is 0 Å². The van der Waals surface area contributed by atoms with E-state index in [4.69, 9.17) is 5.84 Å². The van der Waals surface area contributed by atoms with Crippen LogP contribution in [0.3, 0.4) is 0 Å². The molecule has 26 heavy (non-hydrogen) atoms. The Labute approximate surface area is 148 Å². The van der Waals surface area contributed by atoms with Crippen LogP contribution in [0.25, 0.3) is 0 Å². The average molecular weight is 371 g/mol. The normalized spacial score (nSPS) is 23.1. The number of nitrogens with zero attached hydrogens (tertiary/aromatic N) is 5. The summed E-state index contributed by atoms with van der Waals surface area (Å²) >= 11 is 0. The smallest absolute Gasteiger partial charge is 0.332 e. The minimum absolute atomic E-state index is 0.0543. The van der Waals surface area contributed by atoms with Crippen molar-refractivity contribution in [3.63, 3.8) is 0 Å². The number of allylic oxidation sites excluding steroid dienone is 2. The van der Waals surface area contributed by atoms with E-state index < -0.39 is 12.1 Å². The third kappa shape index (κ3) is 3.82. The number of fused-ring (bicyclic) bond motifs is 1. The molecule has 1 fully saturated rings. The molecule has 1 saturated heterocycles. The van der Waals surface area contributed by atoms with Crippen molar-refractivity contribution < 1.29 is 18.0 Å². The molecular weight excluding hydrogens is 351 g/mol. The number of hydrogen-bond acceptors (Lipinski definition) is 6. The molecule has 3 aliphatic rings. The molecule has 3 N–H and O–H groups in total. The van der Waals surface area contributed by atoms with Gasteiger partial charge in [-0.2, -0.15) is 18.3 Å². The van der Waals surface area contributed by atoms with Crippen LogP contribution in [0.5, 0.6) is 0 Å². The Morgan fingerprint density at radius 3 is 2.58 bits per heavy atom. The van der Waals surface area contributed by atoms with Gasteiger partial charge in [0.2, 0.25) is 0 Å². The quantitative estimate of drug-likeness (QED) is 0.541. The van der Waals surface area contributed by atoms with Gasteiger partial charge in [0.15, 0.2) is 5.84 Å². The molecule has 0 aromatic carbocycles. The lowest BCUT2D eigenvalue weighted by atomic mass is 10.2. The number of carbonyl (C=O) groups excluding carboxylic acids is 1. The van der Waals surface area contributed by atoms with Crippen LogP contribution in [-0.4, -0.2) is 71.8 Å². The molecule has 3 heterocycles. The van der Waals surface area contributed by atoms with Crippen LogP contribution in [-0.2, 0) is 4.79 Å². The van der Waals surface area contributed by atoms with Gasteiger partial charge < -0.3 is 10.7 Å². The van der Waals surface area contributed by atoms with E-state index in [1.54, 1.807) is 0 Å². The first-order chi connectivity index (χ1) is 12.4. The number of amidine groups is 1. The lowest BCUT2D eigenvalue weighted by Crippen LogP contribution is -2.53. The number of amides is 1. The fourth-order valence-corrected chi connectivity index (χ4v) is 3.12. The molecule has 0 bridgehead atoms. The van der Waals surface area contributed by atoms with E-state index in [1.165, 1.54) is 6.34 Å². The molecule has 0 aliphatic carbocycles. The van der Waals surface area contributed by atoms with E-state index in [-0.39, 0.29) is 13.1 Å². The maximum atomic E-state index is 12.5. The van der Waals surface area contributed by atoms with Crippen molar-refractivity contribution in [1.29, 1.82) is 0 Å². The van der Waals surface area contributed by atoms with Crippen molar-refractivity contribution in [2.24, 2.45) is 15.9 Å². The first kappa shape index (κ1) is 18.2. The van der Waals surface area contributed by atoms with E-state index in [9.17, 15) is 18.0 Å². The van der Waals surface area contributed by atoms with Crippen LogP contribution < -0.4 is 11.3 Å². The highest BCUT2D eigenvalue weighted by molar-refractivity contribution is 6.03. The van der Waals surface area contributed by atoms with Crippen LogP contribution in [0, 0.1) is 0 Å². The molecule has 142 valence electrons. The second-order valence-electron chi connectivity index (χ2n) is 6.10. The van der Waals surface area contributed by atoms with E-state index in [1.807, 2.05) is 16.0 Å². The predicted octanol–water partition coefficient (Wildman–Crippen LogP) is 0.375. The number of nitrogens with two attached hydrogens (primary N) is 1. The minimum atomic E-state index is -4.82. The Balaban J connectivity index is 1.63. The summed E-state index contributed by atoms with van der Waals surface area (Å²) in [6, 6.07) is 0. The van der Waals surface area contributed by atoms with Crippen LogP contribution in [0.1, 0.15) is 12.8 Å². The second kappa shape index (κ2) is 7.36. The van der Waals surface area contributed by atoms with Crippen molar-refractivity contribution in [3.05, 3.63) is 23.5 Å². The summed E-state index contributed by atoms with van der Waals surface area (Å²) in [5.41, 5.74) is 4.74. The Morgan fingerprint density at radius 1 is 1.23 bits per heavy atom. The Kier molecular flexibility index (Phi) is 5.16. The molecule has 0 atom stereocenters. The summed E-state index contributed by atoms with van der Waals surface area (Å²) in [5, 5.41) is 5.52. The zero-order valence-electron chi connectivity index (χ0n) is 14.0. The van der Waals surface area contributed by atoms with Gasteiger partial charge >= 0.3 is 12.1 Å². The predicted molar refractivity (Wildman–Crippen MR) is 89.6 cm³/mol. The maximum absolute atomic E-state index is 12.5. The van der Waals surface area contributed by atoms with Crippen molar-refractivity contribution >= 4 is 18.1 Å². The number of hydrazine groups is 1. The van der Waals surface area contributed by atoms with Gasteiger partial charge in [-0.05, 0) is 12.8 Å². The zero-order chi connectivity index (χ0) is 18.7. The number of halogens is 3. The van der Waals surface area contributed by atoms with Gasteiger partial charge in [-0.1, -0.05) is 12.2 Å². The minimum Gasteiger partial charge on any atom is -0.332 e. The first-order valence-corrected chi connectivity index (χ1v) is 8.25. The molecule has 0 radical (unpaired) electrons. The fourth-order valence-electron chi connectivity index (χ4n) is 3.12. The lowest BCUT2D eigenvalue weighted by molar-refractivity contribution is -0.186. The highest BCUT2D eigenvalue weighted by atomic mass is 19.4. The van der Waals surface area contributed by atoms with Crippen molar-refractivity contribution in [1.82, 2.24) is 20.2 Å². The van der Waals surface area contributed by atoms with Crippen LogP contribution >= 0.6 is 0 Å². The number of hydrogen-bond donors (Lipinski definition) is 2. The standard InChI is InChI=1S/C15H20F3N7O/c16-15(17,18)14(26)24-7-5-23(6-8-24)9-11-3-1-2-4-12-13(22-19)20-10-21-25(11)12/h3-4,10H,1-2,5-9,19H2,(H,20,21,22). The Bertz CT molecular complexity index is 675. The molecule has 0 aromatic heterocycles. The topological polar surface area (TPSA) is 89.6 Å². The summed E-state index contributed by atoms with van der Waals surface area (Å²) < 4.78 is 37.6. The summed E-state index contributed by atoms with van der Waals surface area (Å²) in [7, 11) is 0. The zero-order valence-corrected chi connectivity index (χ0v) is 14.0. The van der Waals surface area contributed by atoms with Gasteiger partial charge in [-0.25, -0.2) is 4.99 Å². The molecule has 0 saturated carbocycles. The second-order valence-corrected chi connectivity index (χ2v) is 6.10. The monoisotopic (exact) mass is 371 g/mol. The largest absolute Gasteiger partial charge is 0.471 e. The summed E-state index contributed by atoms with van der Waals surface area (Å²) in [5.74, 6) is 4.03. The van der Waals surface area contributed by atoms with E-state index in [2.05, 4.69) is 21.6 Å². The number of aliphatic imine (C=N–C) groups is 1. The third-order valence-electron chi connectivity index (χ3n) is 4.43. The highest BCUT2D eigenvalue weighted by Gasteiger charge is 2.43. The van der Waals surface area contributed by atoms with Gasteiger partial charge in [0, 0.05) is 32.7 Å². The Morgan fingerprint density at radius 2 is 1.92 bits per heavy atom. The van der Waals surface area contributed by atoms with E-state index in [0.717, 1.165) is 29.1 Å².